The van der Waals surface area contributed by atoms with Gasteiger partial charge in [-0.05, 0) is 77.4 Å². The molecule has 1 heterocycles. The van der Waals surface area contributed by atoms with Crippen LogP contribution in [0.5, 0.6) is 0 Å². The van der Waals surface area contributed by atoms with E-state index in [1.54, 1.807) is 12.1 Å². The Hall–Kier alpha value is -0.640. The van der Waals surface area contributed by atoms with Crippen molar-refractivity contribution in [3.05, 3.63) is 34.6 Å². The second-order valence-corrected chi connectivity index (χ2v) is 7.52. The first-order valence-corrected chi connectivity index (χ1v) is 8.12. The molecular weight excluding hydrogens is 287 g/mol. The maximum atomic E-state index is 13.8. The fourth-order valence-corrected chi connectivity index (χ4v) is 2.90. The smallest absolute Gasteiger partial charge is 0.127 e. The van der Waals surface area contributed by atoms with Gasteiger partial charge < -0.3 is 5.32 Å². The van der Waals surface area contributed by atoms with Gasteiger partial charge in [-0.25, -0.2) is 4.39 Å². The molecular formula is C17H26ClFN2. The summed E-state index contributed by atoms with van der Waals surface area (Å²) in [7, 11) is 0. The maximum absolute atomic E-state index is 13.8. The van der Waals surface area contributed by atoms with Gasteiger partial charge in [0.25, 0.3) is 0 Å². The Kier molecular flexibility index (Phi) is 5.64. The van der Waals surface area contributed by atoms with Crippen molar-refractivity contribution in [1.29, 1.82) is 0 Å². The number of piperidine rings is 1. The molecule has 1 N–H and O–H groups in total. The van der Waals surface area contributed by atoms with Crippen LogP contribution in [0.4, 0.5) is 4.39 Å². The van der Waals surface area contributed by atoms with Crippen LogP contribution in [0.25, 0.3) is 0 Å². The molecule has 1 aromatic rings. The highest BCUT2D eigenvalue weighted by molar-refractivity contribution is 6.30. The number of benzene rings is 1. The van der Waals surface area contributed by atoms with Crippen molar-refractivity contribution in [2.45, 2.75) is 45.7 Å². The molecule has 1 aliphatic rings. The fraction of sp³-hybridized carbons (Fsp3) is 0.647. The Morgan fingerprint density at radius 3 is 2.57 bits per heavy atom. The predicted octanol–water partition coefficient (Wildman–Crippen LogP) is 4.08. The largest absolute Gasteiger partial charge is 0.312 e. The van der Waals surface area contributed by atoms with Crippen molar-refractivity contribution in [3.8, 4) is 0 Å². The number of hydrogen-bond donors (Lipinski definition) is 1. The minimum atomic E-state index is -0.157. The molecule has 0 radical (unpaired) electrons. The molecule has 0 unspecified atom stereocenters. The number of hydrogen-bond acceptors (Lipinski definition) is 2. The van der Waals surface area contributed by atoms with Crippen molar-refractivity contribution in [2.24, 2.45) is 5.92 Å². The summed E-state index contributed by atoms with van der Waals surface area (Å²) in [6.45, 7) is 10.4. The molecule has 0 spiro atoms. The molecule has 1 fully saturated rings. The lowest BCUT2D eigenvalue weighted by Gasteiger charge is -2.33. The lowest BCUT2D eigenvalue weighted by Crippen LogP contribution is -2.42. The summed E-state index contributed by atoms with van der Waals surface area (Å²) in [6, 6.07) is 4.80. The third-order valence-electron chi connectivity index (χ3n) is 4.03. The minimum Gasteiger partial charge on any atom is -0.312 e. The first kappa shape index (κ1) is 16.7. The second kappa shape index (κ2) is 7.08. The molecule has 118 valence electrons. The van der Waals surface area contributed by atoms with Gasteiger partial charge in [-0.3, -0.25) is 4.90 Å². The third kappa shape index (κ3) is 5.57. The Balaban J connectivity index is 1.80. The Bertz CT molecular complexity index is 462. The van der Waals surface area contributed by atoms with Crippen LogP contribution < -0.4 is 5.32 Å². The van der Waals surface area contributed by atoms with Crippen molar-refractivity contribution in [2.75, 3.05) is 19.6 Å². The van der Waals surface area contributed by atoms with E-state index in [9.17, 15) is 4.39 Å². The highest BCUT2D eigenvalue weighted by Crippen LogP contribution is 2.21. The van der Waals surface area contributed by atoms with Crippen LogP contribution in [0, 0.1) is 11.7 Å². The third-order valence-corrected chi connectivity index (χ3v) is 4.27. The van der Waals surface area contributed by atoms with Crippen molar-refractivity contribution < 1.29 is 4.39 Å². The summed E-state index contributed by atoms with van der Waals surface area (Å²) >= 11 is 5.95. The van der Waals surface area contributed by atoms with Gasteiger partial charge in [0.15, 0.2) is 0 Å². The standard InChI is InChI=1S/C17H26ClFN2/c1-17(2,3)20-11-13-6-8-21(9-7-13)12-14-10-15(18)4-5-16(14)19/h4-5,10,13,20H,6-9,11-12H2,1-3H3. The predicted molar refractivity (Wildman–Crippen MR) is 87.2 cm³/mol. The number of nitrogens with one attached hydrogen (secondary N) is 1. The average Bonchev–Trinajstić information content (AvgIpc) is 2.41. The molecule has 1 saturated heterocycles. The van der Waals surface area contributed by atoms with Crippen LogP contribution in [0.1, 0.15) is 39.2 Å². The Labute approximate surface area is 132 Å². The lowest BCUT2D eigenvalue weighted by atomic mass is 9.95. The lowest BCUT2D eigenvalue weighted by molar-refractivity contribution is 0.168. The van der Waals surface area contributed by atoms with Crippen LogP contribution >= 0.6 is 11.6 Å². The zero-order valence-electron chi connectivity index (χ0n) is 13.3. The van der Waals surface area contributed by atoms with Crippen molar-refractivity contribution in [1.82, 2.24) is 10.2 Å². The van der Waals surface area contributed by atoms with Crippen LogP contribution in [0.2, 0.25) is 5.02 Å². The van der Waals surface area contributed by atoms with Gasteiger partial charge in [-0.1, -0.05) is 11.6 Å². The molecule has 21 heavy (non-hydrogen) atoms. The van der Waals surface area contributed by atoms with Gasteiger partial charge in [0, 0.05) is 22.7 Å². The number of likely N-dealkylation sites (tertiary alicyclic amines) is 1. The second-order valence-electron chi connectivity index (χ2n) is 7.09. The van der Waals surface area contributed by atoms with E-state index in [0.29, 0.717) is 17.1 Å². The molecule has 1 aliphatic heterocycles. The Morgan fingerprint density at radius 1 is 1.29 bits per heavy atom. The highest BCUT2D eigenvalue weighted by atomic mass is 35.5. The van der Waals surface area contributed by atoms with Crippen molar-refractivity contribution in [3.63, 3.8) is 0 Å². The van der Waals surface area contributed by atoms with E-state index >= 15 is 0 Å². The van der Waals surface area contributed by atoms with Gasteiger partial charge in [0.2, 0.25) is 0 Å². The van der Waals surface area contributed by atoms with Gasteiger partial charge >= 0.3 is 0 Å². The van der Waals surface area contributed by atoms with Crippen LogP contribution in [-0.4, -0.2) is 30.1 Å². The number of rotatable bonds is 4. The first-order valence-electron chi connectivity index (χ1n) is 7.75. The first-order chi connectivity index (χ1) is 9.83. The molecule has 0 amide bonds. The number of halogens is 2. The molecule has 1 aromatic carbocycles. The van der Waals surface area contributed by atoms with E-state index < -0.39 is 0 Å². The van der Waals surface area contributed by atoms with E-state index in [-0.39, 0.29) is 11.4 Å². The highest BCUT2D eigenvalue weighted by Gasteiger charge is 2.21. The molecule has 2 rings (SSSR count). The van der Waals surface area contributed by atoms with Crippen LogP contribution in [0.3, 0.4) is 0 Å². The van der Waals surface area contributed by atoms with E-state index in [1.165, 1.54) is 18.9 Å². The topological polar surface area (TPSA) is 15.3 Å². The number of nitrogens with zero attached hydrogens (tertiary/aromatic N) is 1. The van der Waals surface area contributed by atoms with Crippen LogP contribution in [-0.2, 0) is 6.54 Å². The van der Waals surface area contributed by atoms with E-state index in [0.717, 1.165) is 25.6 Å². The summed E-state index contributed by atoms with van der Waals surface area (Å²) in [5.41, 5.74) is 0.884. The maximum Gasteiger partial charge on any atom is 0.127 e. The fourth-order valence-electron chi connectivity index (χ4n) is 2.70. The molecule has 0 aliphatic carbocycles. The molecule has 0 bridgehead atoms. The van der Waals surface area contributed by atoms with Gasteiger partial charge in [-0.2, -0.15) is 0 Å². The summed E-state index contributed by atoms with van der Waals surface area (Å²) in [6.07, 6.45) is 2.34. The van der Waals surface area contributed by atoms with E-state index in [2.05, 4.69) is 31.0 Å². The van der Waals surface area contributed by atoms with Gasteiger partial charge in [0.05, 0.1) is 0 Å². The molecule has 4 heteroatoms. The normalized spacial score (nSPS) is 18.1. The molecule has 0 atom stereocenters. The van der Waals surface area contributed by atoms with Crippen molar-refractivity contribution >= 4 is 11.6 Å². The zero-order valence-corrected chi connectivity index (χ0v) is 14.0. The summed E-state index contributed by atoms with van der Waals surface area (Å²) < 4.78 is 13.8. The Morgan fingerprint density at radius 2 is 1.95 bits per heavy atom. The summed E-state index contributed by atoms with van der Waals surface area (Å²) in [4.78, 5) is 2.32. The molecule has 0 aromatic heterocycles. The van der Waals surface area contributed by atoms with Gasteiger partial charge in [-0.15, -0.1) is 0 Å². The molecule has 0 saturated carbocycles. The van der Waals surface area contributed by atoms with E-state index in [1.807, 2.05) is 0 Å². The zero-order chi connectivity index (χ0) is 15.5. The minimum absolute atomic E-state index is 0.157. The SMILES string of the molecule is CC(C)(C)NCC1CCN(Cc2cc(Cl)ccc2F)CC1. The molecule has 2 nitrogen and oxygen atoms in total. The summed E-state index contributed by atoms with van der Waals surface area (Å²) in [5, 5.41) is 4.18. The van der Waals surface area contributed by atoms with E-state index in [4.69, 9.17) is 11.6 Å². The van der Waals surface area contributed by atoms with Crippen LogP contribution in [0.15, 0.2) is 18.2 Å². The average molecular weight is 313 g/mol. The monoisotopic (exact) mass is 312 g/mol. The summed E-state index contributed by atoms with van der Waals surface area (Å²) in [5.74, 6) is 0.570. The quantitative estimate of drug-likeness (QED) is 0.901. The van der Waals surface area contributed by atoms with Gasteiger partial charge in [0.1, 0.15) is 5.82 Å².